The molecule has 1 aliphatic carbocycles. The molecule has 1 heterocycles. The number of hydrogen-bond donors (Lipinski definition) is 1. The highest BCUT2D eigenvalue weighted by Gasteiger charge is 2.39. The van der Waals surface area contributed by atoms with Crippen LogP contribution < -0.4 is 5.32 Å². The van der Waals surface area contributed by atoms with Crippen molar-refractivity contribution in [1.29, 1.82) is 0 Å². The van der Waals surface area contributed by atoms with Gasteiger partial charge in [0.1, 0.15) is 0 Å². The summed E-state index contributed by atoms with van der Waals surface area (Å²) >= 11 is 0. The fourth-order valence-corrected chi connectivity index (χ4v) is 3.70. The van der Waals surface area contributed by atoms with Crippen LogP contribution in [0.3, 0.4) is 0 Å². The molecule has 0 bridgehead atoms. The smallest absolute Gasteiger partial charge is 0.251 e. The number of hydrogen-bond acceptors (Lipinski definition) is 2. The minimum absolute atomic E-state index is 0.0000563. The molecule has 0 aromatic carbocycles. The van der Waals surface area contributed by atoms with E-state index in [-0.39, 0.29) is 12.1 Å². The Morgan fingerprint density at radius 1 is 1.26 bits per heavy atom. The third-order valence-electron chi connectivity index (χ3n) is 5.11. The third-order valence-corrected chi connectivity index (χ3v) is 5.11. The molecule has 2 fully saturated rings. The molecule has 2 atom stereocenters. The summed E-state index contributed by atoms with van der Waals surface area (Å²) in [7, 11) is 0. The number of rotatable bonds is 4. The average Bonchev–Trinajstić information content (AvgIpc) is 2.39. The molecule has 0 amide bonds. The zero-order chi connectivity index (χ0) is 13.9. The maximum Gasteiger partial charge on any atom is 0.251 e. The molecular formula is C15H28F2N2. The Morgan fingerprint density at radius 2 is 1.95 bits per heavy atom. The summed E-state index contributed by atoms with van der Waals surface area (Å²) in [6, 6.07) is 0.314. The Kier molecular flexibility index (Phi) is 5.18. The van der Waals surface area contributed by atoms with Crippen molar-refractivity contribution in [1.82, 2.24) is 10.2 Å². The number of halogens is 2. The van der Waals surface area contributed by atoms with E-state index in [0.29, 0.717) is 12.0 Å². The summed E-state index contributed by atoms with van der Waals surface area (Å²) in [6.07, 6.45) is 5.07. The highest BCUT2D eigenvalue weighted by molar-refractivity contribution is 4.97. The van der Waals surface area contributed by atoms with E-state index in [2.05, 4.69) is 24.1 Å². The lowest BCUT2D eigenvalue weighted by atomic mass is 9.80. The first-order valence-electron chi connectivity index (χ1n) is 7.81. The van der Waals surface area contributed by atoms with Crippen LogP contribution in [0.25, 0.3) is 0 Å². The Hall–Kier alpha value is -0.220. The van der Waals surface area contributed by atoms with Crippen LogP contribution in [-0.4, -0.2) is 42.5 Å². The molecule has 2 aliphatic rings. The molecule has 1 saturated heterocycles. The molecule has 19 heavy (non-hydrogen) atoms. The zero-order valence-corrected chi connectivity index (χ0v) is 12.3. The number of nitrogens with one attached hydrogen (secondary N) is 1. The second-order valence-corrected chi connectivity index (χ2v) is 6.58. The van der Waals surface area contributed by atoms with E-state index in [4.69, 9.17) is 0 Å². The number of piperazine rings is 1. The predicted molar refractivity (Wildman–Crippen MR) is 74.6 cm³/mol. The molecule has 2 unspecified atom stereocenters. The number of nitrogens with zero attached hydrogens (tertiary/aromatic N) is 1. The van der Waals surface area contributed by atoms with Crippen molar-refractivity contribution >= 4 is 0 Å². The van der Waals surface area contributed by atoms with E-state index in [1.165, 1.54) is 32.1 Å². The first-order valence-corrected chi connectivity index (χ1v) is 7.81. The Balaban J connectivity index is 2.03. The van der Waals surface area contributed by atoms with E-state index in [1.807, 2.05) is 0 Å². The van der Waals surface area contributed by atoms with Gasteiger partial charge in [0.05, 0.1) is 6.54 Å². The lowest BCUT2D eigenvalue weighted by Crippen LogP contribution is -2.65. The van der Waals surface area contributed by atoms with Gasteiger partial charge in [-0.15, -0.1) is 0 Å². The topological polar surface area (TPSA) is 15.3 Å². The van der Waals surface area contributed by atoms with Crippen LogP contribution in [0.4, 0.5) is 8.78 Å². The summed E-state index contributed by atoms with van der Waals surface area (Å²) < 4.78 is 25.7. The molecule has 2 nitrogen and oxygen atoms in total. The molecule has 0 radical (unpaired) electrons. The number of alkyl halides is 2. The van der Waals surface area contributed by atoms with E-state index >= 15 is 0 Å². The summed E-state index contributed by atoms with van der Waals surface area (Å²) in [5, 5.41) is 3.61. The van der Waals surface area contributed by atoms with Gasteiger partial charge in [-0.3, -0.25) is 4.90 Å². The van der Waals surface area contributed by atoms with E-state index < -0.39 is 6.43 Å². The summed E-state index contributed by atoms with van der Waals surface area (Å²) in [4.78, 5) is 2.07. The fraction of sp³-hybridized carbons (Fsp3) is 1.00. The van der Waals surface area contributed by atoms with Gasteiger partial charge in [0.25, 0.3) is 6.43 Å². The van der Waals surface area contributed by atoms with Gasteiger partial charge in [-0.2, -0.15) is 0 Å². The van der Waals surface area contributed by atoms with Crippen molar-refractivity contribution in [2.75, 3.05) is 19.6 Å². The zero-order valence-electron chi connectivity index (χ0n) is 12.3. The average molecular weight is 274 g/mol. The van der Waals surface area contributed by atoms with Crippen LogP contribution in [0.5, 0.6) is 0 Å². The molecule has 2 rings (SSSR count). The van der Waals surface area contributed by atoms with Gasteiger partial charge in [0.2, 0.25) is 0 Å². The van der Waals surface area contributed by atoms with Crippen molar-refractivity contribution in [3.63, 3.8) is 0 Å². The minimum Gasteiger partial charge on any atom is -0.309 e. The maximum atomic E-state index is 12.9. The largest absolute Gasteiger partial charge is 0.309 e. The molecule has 0 aromatic rings. The van der Waals surface area contributed by atoms with Crippen molar-refractivity contribution in [3.8, 4) is 0 Å². The molecule has 1 saturated carbocycles. The molecule has 1 aliphatic heterocycles. The lowest BCUT2D eigenvalue weighted by molar-refractivity contribution is -0.00304. The predicted octanol–water partition coefficient (Wildman–Crippen LogP) is 3.27. The minimum atomic E-state index is -2.22. The molecule has 112 valence electrons. The molecule has 4 heteroatoms. The molecular weight excluding hydrogens is 246 g/mol. The highest BCUT2D eigenvalue weighted by atomic mass is 19.3. The maximum absolute atomic E-state index is 12.9. The Labute approximate surface area is 115 Å². The van der Waals surface area contributed by atoms with E-state index in [9.17, 15) is 8.78 Å². The van der Waals surface area contributed by atoms with Gasteiger partial charge in [0, 0.05) is 24.7 Å². The van der Waals surface area contributed by atoms with E-state index in [1.54, 1.807) is 0 Å². The summed E-state index contributed by atoms with van der Waals surface area (Å²) in [5.41, 5.74) is 0.0000563. The van der Waals surface area contributed by atoms with Gasteiger partial charge < -0.3 is 5.32 Å². The van der Waals surface area contributed by atoms with Crippen LogP contribution in [0.2, 0.25) is 0 Å². The van der Waals surface area contributed by atoms with Gasteiger partial charge in [-0.05, 0) is 32.1 Å². The van der Waals surface area contributed by atoms with Crippen LogP contribution in [0.15, 0.2) is 0 Å². The van der Waals surface area contributed by atoms with Crippen molar-refractivity contribution in [2.45, 2.75) is 70.4 Å². The standard InChI is InChI=1S/C15H28F2N2/c1-3-15(2)11-19(10-14(16)17)13(9-18-15)12-7-5-4-6-8-12/h12-14,18H,3-11H2,1-2H3. The Morgan fingerprint density at radius 3 is 2.53 bits per heavy atom. The van der Waals surface area contributed by atoms with Crippen molar-refractivity contribution in [2.24, 2.45) is 5.92 Å². The van der Waals surface area contributed by atoms with Gasteiger partial charge in [-0.1, -0.05) is 26.2 Å². The first kappa shape index (κ1) is 15.2. The molecule has 0 aromatic heterocycles. The first-order chi connectivity index (χ1) is 9.04. The molecule has 0 spiro atoms. The fourth-order valence-electron chi connectivity index (χ4n) is 3.70. The quantitative estimate of drug-likeness (QED) is 0.846. The van der Waals surface area contributed by atoms with Gasteiger partial charge >= 0.3 is 0 Å². The SMILES string of the molecule is CCC1(C)CN(CC(F)F)C(C2CCCCC2)CN1. The Bertz CT molecular complexity index is 279. The highest BCUT2D eigenvalue weighted by Crippen LogP contribution is 2.32. The van der Waals surface area contributed by atoms with Crippen molar-refractivity contribution in [3.05, 3.63) is 0 Å². The summed E-state index contributed by atoms with van der Waals surface area (Å²) in [6.45, 7) is 5.87. The summed E-state index contributed by atoms with van der Waals surface area (Å²) in [5.74, 6) is 0.612. The van der Waals surface area contributed by atoms with Crippen LogP contribution >= 0.6 is 0 Å². The van der Waals surface area contributed by atoms with Gasteiger partial charge in [0.15, 0.2) is 0 Å². The lowest BCUT2D eigenvalue weighted by Gasteiger charge is -2.49. The van der Waals surface area contributed by atoms with Crippen LogP contribution in [0.1, 0.15) is 52.4 Å². The second kappa shape index (κ2) is 6.49. The monoisotopic (exact) mass is 274 g/mol. The van der Waals surface area contributed by atoms with Crippen LogP contribution in [-0.2, 0) is 0 Å². The van der Waals surface area contributed by atoms with Gasteiger partial charge in [-0.25, -0.2) is 8.78 Å². The molecule has 1 N–H and O–H groups in total. The second-order valence-electron chi connectivity index (χ2n) is 6.58. The normalized spacial score (nSPS) is 34.9. The van der Waals surface area contributed by atoms with Crippen molar-refractivity contribution < 1.29 is 8.78 Å². The van der Waals surface area contributed by atoms with Crippen LogP contribution in [0, 0.1) is 5.92 Å². The van der Waals surface area contributed by atoms with E-state index in [0.717, 1.165) is 19.5 Å². The third kappa shape index (κ3) is 3.88.